The smallest absolute Gasteiger partial charge is 0.404 e. The molecule has 0 aromatic carbocycles. The summed E-state index contributed by atoms with van der Waals surface area (Å²) < 4.78 is 14.8. The van der Waals surface area contributed by atoms with Crippen molar-refractivity contribution in [2.24, 2.45) is 5.92 Å². The highest BCUT2D eigenvalue weighted by atomic mass is 19.1. The first-order valence-electron chi connectivity index (χ1n) is 10.7. The number of aryl methyl sites for hydroxylation is 2. The van der Waals surface area contributed by atoms with Crippen LogP contribution in [0.25, 0.3) is 5.69 Å². The van der Waals surface area contributed by atoms with Gasteiger partial charge in [-0.2, -0.15) is 15.5 Å². The minimum absolute atomic E-state index is 0.0111. The number of hydrogen-bond acceptors (Lipinski definition) is 8. The number of nitrogens with one attached hydrogen (secondary N) is 3. The fraction of sp³-hybridized carbons (Fsp3) is 0.364. The van der Waals surface area contributed by atoms with Crippen LogP contribution >= 0.6 is 0 Å². The lowest BCUT2D eigenvalue weighted by Crippen LogP contribution is -2.45. The third-order valence-electron chi connectivity index (χ3n) is 5.65. The number of halogens is 1. The van der Waals surface area contributed by atoms with Gasteiger partial charge in [-0.3, -0.25) is 4.98 Å². The Morgan fingerprint density at radius 1 is 1.24 bits per heavy atom. The third kappa shape index (κ3) is 5.03. The van der Waals surface area contributed by atoms with Crippen LogP contribution in [0.2, 0.25) is 0 Å². The van der Waals surface area contributed by atoms with Crippen LogP contribution in [0.15, 0.2) is 24.5 Å². The molecule has 3 aromatic heterocycles. The minimum Gasteiger partial charge on any atom is -0.465 e. The number of nitriles is 1. The lowest BCUT2D eigenvalue weighted by atomic mass is 10.0. The predicted molar refractivity (Wildman–Crippen MR) is 122 cm³/mol. The van der Waals surface area contributed by atoms with E-state index in [2.05, 4.69) is 36.1 Å². The molecule has 0 spiro atoms. The topological polar surface area (TPSA) is 154 Å². The van der Waals surface area contributed by atoms with Crippen LogP contribution in [-0.2, 0) is 0 Å². The normalized spacial score (nSPS) is 14.7. The van der Waals surface area contributed by atoms with Crippen molar-refractivity contribution in [1.82, 2.24) is 30.3 Å². The Morgan fingerprint density at radius 3 is 2.56 bits per heavy atom. The number of anilines is 3. The van der Waals surface area contributed by atoms with Crippen molar-refractivity contribution in [3.05, 3.63) is 47.3 Å². The van der Waals surface area contributed by atoms with E-state index >= 15 is 0 Å². The molecule has 11 nitrogen and oxygen atoms in total. The largest absolute Gasteiger partial charge is 0.465 e. The number of carboxylic acid groups (broad SMARTS) is 1. The van der Waals surface area contributed by atoms with Gasteiger partial charge in [-0.25, -0.2) is 14.2 Å². The van der Waals surface area contributed by atoms with Gasteiger partial charge >= 0.3 is 6.09 Å². The molecule has 1 aliphatic rings. The molecule has 2 atom stereocenters. The fourth-order valence-electron chi connectivity index (χ4n) is 3.63. The maximum absolute atomic E-state index is 14.8. The van der Waals surface area contributed by atoms with Gasteiger partial charge in [0.2, 0.25) is 0 Å². The maximum atomic E-state index is 14.8. The van der Waals surface area contributed by atoms with Crippen LogP contribution in [-0.4, -0.2) is 48.2 Å². The summed E-state index contributed by atoms with van der Waals surface area (Å²) in [6, 6.07) is 3.96. The number of aromatic nitrogens is 5. The average Bonchev–Trinajstić information content (AvgIpc) is 3.57. The fourth-order valence-corrected chi connectivity index (χ4v) is 3.63. The summed E-state index contributed by atoms with van der Waals surface area (Å²) in [5.41, 5.74) is 2.70. The summed E-state index contributed by atoms with van der Waals surface area (Å²) in [4.78, 5) is 21.0. The third-order valence-corrected chi connectivity index (χ3v) is 5.65. The van der Waals surface area contributed by atoms with Gasteiger partial charge in [0.1, 0.15) is 11.8 Å². The summed E-state index contributed by atoms with van der Waals surface area (Å²) >= 11 is 0. The SMILES string of the molecule is Cc1nn(-c2cncc(Nc3nc(N[C@@H](C4CC4)[C@H](C)NC(=O)O)c(F)cc3C#N)c2)nc1C. The van der Waals surface area contributed by atoms with Crippen LogP contribution in [0.1, 0.15) is 36.7 Å². The van der Waals surface area contributed by atoms with E-state index in [4.69, 9.17) is 5.11 Å². The number of pyridine rings is 2. The van der Waals surface area contributed by atoms with E-state index in [1.54, 1.807) is 19.2 Å². The molecule has 4 rings (SSSR count). The second-order valence-corrected chi connectivity index (χ2v) is 8.29. The molecule has 0 unspecified atom stereocenters. The number of carbonyl (C=O) groups is 1. The molecule has 0 saturated heterocycles. The predicted octanol–water partition coefficient (Wildman–Crippen LogP) is 3.28. The van der Waals surface area contributed by atoms with E-state index in [0.717, 1.165) is 30.3 Å². The first-order valence-corrected chi connectivity index (χ1v) is 10.7. The molecule has 12 heteroatoms. The lowest BCUT2D eigenvalue weighted by Gasteiger charge is -2.26. The van der Waals surface area contributed by atoms with Gasteiger partial charge in [-0.05, 0) is 51.7 Å². The van der Waals surface area contributed by atoms with E-state index in [1.807, 2.05) is 19.9 Å². The Kier molecular flexibility index (Phi) is 6.27. The van der Waals surface area contributed by atoms with Crippen molar-refractivity contribution in [1.29, 1.82) is 5.26 Å². The van der Waals surface area contributed by atoms with Gasteiger partial charge in [0, 0.05) is 6.04 Å². The second-order valence-electron chi connectivity index (χ2n) is 8.29. The molecule has 34 heavy (non-hydrogen) atoms. The Bertz CT molecular complexity index is 1250. The highest BCUT2D eigenvalue weighted by molar-refractivity contribution is 5.67. The minimum atomic E-state index is -1.15. The van der Waals surface area contributed by atoms with Gasteiger partial charge < -0.3 is 21.1 Å². The van der Waals surface area contributed by atoms with Crippen molar-refractivity contribution in [2.45, 2.75) is 45.7 Å². The lowest BCUT2D eigenvalue weighted by molar-refractivity contribution is 0.188. The molecule has 1 aliphatic carbocycles. The summed E-state index contributed by atoms with van der Waals surface area (Å²) in [5.74, 6) is -0.431. The number of rotatable bonds is 8. The molecule has 1 saturated carbocycles. The first kappa shape index (κ1) is 22.9. The zero-order valence-electron chi connectivity index (χ0n) is 18.9. The molecule has 0 bridgehead atoms. The van der Waals surface area contributed by atoms with Crippen LogP contribution in [0.3, 0.4) is 0 Å². The van der Waals surface area contributed by atoms with Gasteiger partial charge in [0.25, 0.3) is 0 Å². The van der Waals surface area contributed by atoms with Crippen LogP contribution in [0.5, 0.6) is 0 Å². The Balaban J connectivity index is 1.61. The van der Waals surface area contributed by atoms with Crippen LogP contribution in [0, 0.1) is 36.9 Å². The molecule has 3 heterocycles. The molecule has 1 amide bonds. The van der Waals surface area contributed by atoms with E-state index in [9.17, 15) is 14.4 Å². The highest BCUT2D eigenvalue weighted by Crippen LogP contribution is 2.36. The molecule has 3 aromatic rings. The van der Waals surface area contributed by atoms with E-state index in [0.29, 0.717) is 11.4 Å². The first-order chi connectivity index (χ1) is 16.2. The summed E-state index contributed by atoms with van der Waals surface area (Å²) in [6.45, 7) is 5.42. The number of nitrogens with zero attached hydrogens (tertiary/aromatic N) is 6. The maximum Gasteiger partial charge on any atom is 0.404 e. The zero-order valence-corrected chi connectivity index (χ0v) is 18.9. The second kappa shape index (κ2) is 9.30. The van der Waals surface area contributed by atoms with E-state index in [1.165, 1.54) is 11.0 Å². The summed E-state index contributed by atoms with van der Waals surface area (Å²) in [7, 11) is 0. The van der Waals surface area contributed by atoms with Crippen LogP contribution < -0.4 is 16.0 Å². The Labute approximate surface area is 195 Å². The molecule has 0 radical (unpaired) electrons. The van der Waals surface area contributed by atoms with Gasteiger partial charge in [0.15, 0.2) is 17.5 Å². The molecule has 1 fully saturated rings. The standard InChI is InChI=1S/C22H24FN9O2/c1-11-12(2)31-32(30-11)17-7-16(9-25-10-17)27-20-15(8-24)6-18(23)21(29-20)28-19(14-4-5-14)13(3)26-22(33)34/h6-7,9-10,13-14,19,26H,4-5H2,1-3H3,(H,33,34)(H2,27,28,29)/t13-,19+/m0/s1. The molecular formula is C22H24FN9O2. The molecule has 176 valence electrons. The van der Waals surface area contributed by atoms with Gasteiger partial charge in [-0.15, -0.1) is 4.80 Å². The summed E-state index contributed by atoms with van der Waals surface area (Å²) in [5, 5.41) is 35.7. The van der Waals surface area contributed by atoms with Crippen molar-refractivity contribution in [3.63, 3.8) is 0 Å². The number of amides is 1. The van der Waals surface area contributed by atoms with Gasteiger partial charge in [0.05, 0.1) is 41.1 Å². The molecular weight excluding hydrogens is 441 g/mol. The van der Waals surface area contributed by atoms with Crippen LogP contribution in [0.4, 0.5) is 26.5 Å². The van der Waals surface area contributed by atoms with E-state index < -0.39 is 18.0 Å². The Morgan fingerprint density at radius 2 is 1.94 bits per heavy atom. The quantitative estimate of drug-likeness (QED) is 0.392. The van der Waals surface area contributed by atoms with Crippen molar-refractivity contribution >= 4 is 23.4 Å². The highest BCUT2D eigenvalue weighted by Gasteiger charge is 2.36. The zero-order chi connectivity index (χ0) is 24.4. The molecule has 0 aliphatic heterocycles. The summed E-state index contributed by atoms with van der Waals surface area (Å²) in [6.07, 6.45) is 3.80. The van der Waals surface area contributed by atoms with Crippen molar-refractivity contribution < 1.29 is 14.3 Å². The average molecular weight is 465 g/mol. The monoisotopic (exact) mass is 465 g/mol. The van der Waals surface area contributed by atoms with E-state index in [-0.39, 0.29) is 29.2 Å². The Hall–Kier alpha value is -4.27. The number of hydrogen-bond donors (Lipinski definition) is 4. The van der Waals surface area contributed by atoms with Gasteiger partial charge in [-0.1, -0.05) is 0 Å². The van der Waals surface area contributed by atoms with Crippen molar-refractivity contribution in [3.8, 4) is 11.8 Å². The molecule has 4 N–H and O–H groups in total. The van der Waals surface area contributed by atoms with Crippen molar-refractivity contribution in [2.75, 3.05) is 10.6 Å².